The molecule has 0 N–H and O–H groups in total. The number of carbonyl (C=O) groups is 2. The Bertz CT molecular complexity index is 1260. The lowest BCUT2D eigenvalue weighted by molar-refractivity contribution is -0.145. The third-order valence-electron chi connectivity index (χ3n) is 5.53. The molecule has 0 radical (unpaired) electrons. The SMILES string of the molecule is Cc1ccc2c(CC(=O)O[C@@H](C)C(=O)c3cc(C)n(-c4ccccc4)c3C)coc2c1. The Labute approximate surface area is 181 Å². The van der Waals surface area contributed by atoms with Crippen molar-refractivity contribution >= 4 is 22.7 Å². The number of hydrogen-bond donors (Lipinski definition) is 0. The molecule has 2 aromatic carbocycles. The highest BCUT2D eigenvalue weighted by molar-refractivity contribution is 6.01. The van der Waals surface area contributed by atoms with Crippen LogP contribution in [0.3, 0.4) is 0 Å². The van der Waals surface area contributed by atoms with E-state index in [1.165, 1.54) is 0 Å². The van der Waals surface area contributed by atoms with Gasteiger partial charge in [0.05, 0.1) is 12.7 Å². The monoisotopic (exact) mass is 415 g/mol. The molecule has 0 fully saturated rings. The largest absolute Gasteiger partial charge is 0.464 e. The Kier molecular flexibility index (Phi) is 5.51. The first-order valence-electron chi connectivity index (χ1n) is 10.3. The minimum absolute atomic E-state index is 0.0523. The van der Waals surface area contributed by atoms with Gasteiger partial charge in [-0.05, 0) is 57.5 Å². The number of benzene rings is 2. The molecule has 0 spiro atoms. The molecule has 158 valence electrons. The number of aryl methyl sites for hydroxylation is 2. The summed E-state index contributed by atoms with van der Waals surface area (Å²) in [5.74, 6) is -0.669. The van der Waals surface area contributed by atoms with Crippen molar-refractivity contribution in [3.63, 3.8) is 0 Å². The molecule has 31 heavy (non-hydrogen) atoms. The topological polar surface area (TPSA) is 61.4 Å². The van der Waals surface area contributed by atoms with E-state index < -0.39 is 12.1 Å². The molecule has 0 aliphatic carbocycles. The van der Waals surface area contributed by atoms with E-state index in [1.807, 2.05) is 79.9 Å². The normalized spacial score (nSPS) is 12.1. The second-order valence-corrected chi connectivity index (χ2v) is 7.89. The van der Waals surface area contributed by atoms with Crippen molar-refractivity contribution < 1.29 is 18.7 Å². The van der Waals surface area contributed by atoms with Crippen molar-refractivity contribution in [1.82, 2.24) is 4.57 Å². The molecule has 0 aliphatic rings. The van der Waals surface area contributed by atoms with Crippen LogP contribution in [0, 0.1) is 20.8 Å². The van der Waals surface area contributed by atoms with Crippen molar-refractivity contribution in [2.45, 2.75) is 40.2 Å². The van der Waals surface area contributed by atoms with Crippen molar-refractivity contribution in [2.75, 3.05) is 0 Å². The van der Waals surface area contributed by atoms with Gasteiger partial charge in [-0.2, -0.15) is 0 Å². The van der Waals surface area contributed by atoms with Gasteiger partial charge in [-0.25, -0.2) is 0 Å². The first kappa shape index (κ1) is 20.7. The van der Waals surface area contributed by atoms with E-state index in [0.717, 1.165) is 39.2 Å². The fraction of sp³-hybridized carbons (Fsp3) is 0.231. The Morgan fingerprint density at radius 1 is 1.03 bits per heavy atom. The average Bonchev–Trinajstić information content (AvgIpc) is 3.27. The van der Waals surface area contributed by atoms with Crippen LogP contribution in [0.2, 0.25) is 0 Å². The highest BCUT2D eigenvalue weighted by atomic mass is 16.5. The second kappa shape index (κ2) is 8.26. The van der Waals surface area contributed by atoms with Gasteiger partial charge < -0.3 is 13.7 Å². The van der Waals surface area contributed by atoms with E-state index in [4.69, 9.17) is 9.15 Å². The summed E-state index contributed by atoms with van der Waals surface area (Å²) in [6, 6.07) is 17.5. The summed E-state index contributed by atoms with van der Waals surface area (Å²) in [7, 11) is 0. The number of aromatic nitrogens is 1. The van der Waals surface area contributed by atoms with Crippen molar-refractivity contribution in [3.05, 3.63) is 88.9 Å². The van der Waals surface area contributed by atoms with Gasteiger partial charge in [-0.1, -0.05) is 30.3 Å². The average molecular weight is 415 g/mol. The van der Waals surface area contributed by atoms with E-state index in [0.29, 0.717) is 5.56 Å². The molecule has 2 heterocycles. The maximum Gasteiger partial charge on any atom is 0.311 e. The van der Waals surface area contributed by atoms with E-state index in [9.17, 15) is 9.59 Å². The summed E-state index contributed by atoms with van der Waals surface area (Å²) in [5.41, 5.74) is 5.90. The third-order valence-corrected chi connectivity index (χ3v) is 5.53. The Morgan fingerprint density at radius 2 is 1.77 bits per heavy atom. The van der Waals surface area contributed by atoms with Gasteiger partial charge >= 0.3 is 5.97 Å². The molecule has 2 aromatic heterocycles. The van der Waals surface area contributed by atoms with Crippen LogP contribution in [-0.2, 0) is 16.0 Å². The Morgan fingerprint density at radius 3 is 2.52 bits per heavy atom. The molecule has 1 atom stereocenters. The number of para-hydroxylation sites is 1. The lowest BCUT2D eigenvalue weighted by Gasteiger charge is -2.13. The summed E-state index contributed by atoms with van der Waals surface area (Å²) in [6.45, 7) is 7.46. The number of carbonyl (C=O) groups excluding carboxylic acids is 2. The number of furan rings is 1. The number of Topliss-reactive ketones (excluding diaryl/α,β-unsaturated/α-hetero) is 1. The van der Waals surface area contributed by atoms with Gasteiger partial charge in [0.1, 0.15) is 5.58 Å². The van der Waals surface area contributed by atoms with Crippen LogP contribution in [0.1, 0.15) is 39.8 Å². The molecular weight excluding hydrogens is 390 g/mol. The van der Waals surface area contributed by atoms with Crippen LogP contribution in [0.4, 0.5) is 0 Å². The molecule has 5 nitrogen and oxygen atoms in total. The van der Waals surface area contributed by atoms with E-state index in [-0.39, 0.29) is 12.2 Å². The highest BCUT2D eigenvalue weighted by Crippen LogP contribution is 2.24. The summed E-state index contributed by atoms with van der Waals surface area (Å²) >= 11 is 0. The number of hydrogen-bond acceptors (Lipinski definition) is 4. The molecule has 0 bridgehead atoms. The molecule has 5 heteroatoms. The van der Waals surface area contributed by atoms with Crippen LogP contribution in [0.25, 0.3) is 16.7 Å². The summed E-state index contributed by atoms with van der Waals surface area (Å²) in [6.07, 6.45) is 0.750. The first-order chi connectivity index (χ1) is 14.8. The molecule has 0 saturated carbocycles. The van der Waals surface area contributed by atoms with Gasteiger partial charge in [0.25, 0.3) is 0 Å². The van der Waals surface area contributed by atoms with Crippen molar-refractivity contribution in [3.8, 4) is 5.69 Å². The second-order valence-electron chi connectivity index (χ2n) is 7.89. The molecule has 0 amide bonds. The van der Waals surface area contributed by atoms with Gasteiger partial charge in [0, 0.05) is 33.6 Å². The van der Waals surface area contributed by atoms with Gasteiger partial charge in [-0.15, -0.1) is 0 Å². The Hall–Kier alpha value is -3.60. The maximum atomic E-state index is 13.0. The van der Waals surface area contributed by atoms with Gasteiger partial charge in [0.15, 0.2) is 6.10 Å². The number of ketones is 1. The van der Waals surface area contributed by atoms with Crippen LogP contribution in [0.15, 0.2) is 65.3 Å². The zero-order valence-corrected chi connectivity index (χ0v) is 18.1. The molecule has 4 rings (SSSR count). The Balaban J connectivity index is 1.49. The quantitative estimate of drug-likeness (QED) is 0.308. The predicted octanol–water partition coefficient (Wildman–Crippen LogP) is 5.51. The molecule has 0 saturated heterocycles. The standard InChI is InChI=1S/C26H25NO4/c1-16-10-11-22-20(15-30-24(22)12-16)14-25(28)31-19(4)26(29)23-13-17(2)27(18(23)3)21-8-6-5-7-9-21/h5-13,15,19H,14H2,1-4H3/t19-/m0/s1. The predicted molar refractivity (Wildman–Crippen MR) is 120 cm³/mol. The summed E-state index contributed by atoms with van der Waals surface area (Å²) < 4.78 is 13.1. The minimum atomic E-state index is -0.877. The number of rotatable bonds is 6. The van der Waals surface area contributed by atoms with Gasteiger partial charge in [-0.3, -0.25) is 9.59 Å². The number of nitrogens with zero attached hydrogens (tertiary/aromatic N) is 1. The van der Waals surface area contributed by atoms with E-state index in [1.54, 1.807) is 13.2 Å². The molecular formula is C26H25NO4. The fourth-order valence-corrected chi connectivity index (χ4v) is 3.98. The summed E-state index contributed by atoms with van der Waals surface area (Å²) in [5, 5.41) is 0.882. The molecule has 4 aromatic rings. The smallest absolute Gasteiger partial charge is 0.311 e. The lowest BCUT2D eigenvalue weighted by atomic mass is 10.1. The zero-order chi connectivity index (χ0) is 22.1. The lowest BCUT2D eigenvalue weighted by Crippen LogP contribution is -2.25. The molecule has 0 aliphatic heterocycles. The van der Waals surface area contributed by atoms with Crippen LogP contribution < -0.4 is 0 Å². The van der Waals surface area contributed by atoms with Gasteiger partial charge in [0.2, 0.25) is 5.78 Å². The van der Waals surface area contributed by atoms with E-state index in [2.05, 4.69) is 0 Å². The first-order valence-corrected chi connectivity index (χ1v) is 10.3. The number of ether oxygens (including phenoxy) is 1. The van der Waals surface area contributed by atoms with Crippen LogP contribution >= 0.6 is 0 Å². The van der Waals surface area contributed by atoms with Crippen molar-refractivity contribution in [1.29, 1.82) is 0 Å². The van der Waals surface area contributed by atoms with E-state index >= 15 is 0 Å². The number of fused-ring (bicyclic) bond motifs is 1. The zero-order valence-electron chi connectivity index (χ0n) is 18.1. The number of esters is 1. The third kappa shape index (κ3) is 4.04. The maximum absolute atomic E-state index is 13.0. The van der Waals surface area contributed by atoms with Crippen LogP contribution in [-0.4, -0.2) is 22.4 Å². The summed E-state index contributed by atoms with van der Waals surface area (Å²) in [4.78, 5) is 25.6. The minimum Gasteiger partial charge on any atom is -0.464 e. The molecule has 0 unspecified atom stereocenters. The van der Waals surface area contributed by atoms with Crippen molar-refractivity contribution in [2.24, 2.45) is 0 Å². The van der Waals surface area contributed by atoms with Crippen LogP contribution in [0.5, 0.6) is 0 Å². The highest BCUT2D eigenvalue weighted by Gasteiger charge is 2.25. The fourth-order valence-electron chi connectivity index (χ4n) is 3.98.